The van der Waals surface area contributed by atoms with Gasteiger partial charge in [-0.1, -0.05) is 23.7 Å². The van der Waals surface area contributed by atoms with Crippen LogP contribution < -0.4 is 0 Å². The van der Waals surface area contributed by atoms with E-state index < -0.39 is 5.67 Å². The van der Waals surface area contributed by atoms with Gasteiger partial charge in [-0.3, -0.25) is 4.79 Å². The van der Waals surface area contributed by atoms with Gasteiger partial charge in [-0.25, -0.2) is 4.39 Å². The van der Waals surface area contributed by atoms with Gasteiger partial charge in [-0.2, -0.15) is 0 Å². The molecule has 3 heteroatoms. The van der Waals surface area contributed by atoms with Crippen LogP contribution in [0, 0.1) is 24.2 Å². The summed E-state index contributed by atoms with van der Waals surface area (Å²) < 4.78 is 15.0. The molecule has 0 amide bonds. The van der Waals surface area contributed by atoms with Gasteiger partial charge in [0.1, 0.15) is 5.67 Å². The zero-order valence-electron chi connectivity index (χ0n) is 13.7. The summed E-state index contributed by atoms with van der Waals surface area (Å²) in [6.45, 7) is 1.93. The third kappa shape index (κ3) is 2.73. The second-order valence-corrected chi connectivity index (χ2v) is 8.87. The van der Waals surface area contributed by atoms with Crippen LogP contribution in [-0.2, 0) is 0 Å². The lowest BCUT2D eigenvalue weighted by Gasteiger charge is -2.59. The Bertz CT molecular complexity index is 619. The van der Waals surface area contributed by atoms with Gasteiger partial charge >= 0.3 is 0 Å². The zero-order valence-corrected chi connectivity index (χ0v) is 14.5. The number of benzene rings is 1. The fourth-order valence-corrected chi connectivity index (χ4v) is 6.44. The van der Waals surface area contributed by atoms with Crippen molar-refractivity contribution in [1.82, 2.24) is 0 Å². The summed E-state index contributed by atoms with van der Waals surface area (Å²) in [5.41, 5.74) is 0.737. The minimum absolute atomic E-state index is 0.0731. The highest BCUT2D eigenvalue weighted by atomic mass is 35.5. The molecule has 0 aromatic heterocycles. The molecule has 4 aliphatic carbocycles. The molecule has 1 aromatic carbocycles. The Hall–Kier alpha value is -0.890. The minimum atomic E-state index is -0.937. The number of carbonyl (C=O) groups excluding carboxylic acids is 1. The minimum Gasteiger partial charge on any atom is -0.294 e. The number of alkyl halides is 1. The predicted molar refractivity (Wildman–Crippen MR) is 90.7 cm³/mol. The Balaban J connectivity index is 1.50. The Labute approximate surface area is 142 Å². The van der Waals surface area contributed by atoms with Crippen LogP contribution in [0.1, 0.15) is 67.3 Å². The second kappa shape index (κ2) is 5.31. The molecular formula is C20H24ClFO. The van der Waals surface area contributed by atoms with Crippen molar-refractivity contribution < 1.29 is 9.18 Å². The Kier molecular flexibility index (Phi) is 3.61. The number of Topliss-reactive ketones (excluding diaryl/α,β-unsaturated/α-hetero) is 1. The summed E-state index contributed by atoms with van der Waals surface area (Å²) in [4.78, 5) is 12.7. The molecule has 4 aliphatic rings. The fraction of sp³-hybridized carbons (Fsp3) is 0.650. The number of carbonyl (C=O) groups is 1. The van der Waals surface area contributed by atoms with E-state index in [1.807, 2.05) is 19.1 Å². The maximum atomic E-state index is 15.0. The molecule has 0 heterocycles. The summed E-state index contributed by atoms with van der Waals surface area (Å²) in [5, 5.41) is 0.544. The molecule has 0 spiro atoms. The highest BCUT2D eigenvalue weighted by Gasteiger charge is 2.57. The van der Waals surface area contributed by atoms with Crippen molar-refractivity contribution in [2.24, 2.45) is 17.3 Å². The Morgan fingerprint density at radius 1 is 1.26 bits per heavy atom. The SMILES string of the molecule is Cc1cccc(Cl)c1C(=O)CCC12CC3CC(CC(F)(C3)C1)C2. The van der Waals surface area contributed by atoms with Crippen molar-refractivity contribution in [3.63, 3.8) is 0 Å². The van der Waals surface area contributed by atoms with Crippen LogP contribution in [0.2, 0.25) is 5.02 Å². The summed E-state index contributed by atoms with van der Waals surface area (Å²) >= 11 is 6.22. The van der Waals surface area contributed by atoms with Crippen LogP contribution in [0.5, 0.6) is 0 Å². The van der Waals surface area contributed by atoms with E-state index in [0.29, 0.717) is 35.3 Å². The lowest BCUT2D eigenvalue weighted by atomic mass is 9.47. The lowest BCUT2D eigenvalue weighted by molar-refractivity contribution is -0.125. The van der Waals surface area contributed by atoms with Crippen LogP contribution >= 0.6 is 11.6 Å². The summed E-state index contributed by atoms with van der Waals surface area (Å²) in [6.07, 6.45) is 7.02. The number of hydrogen-bond donors (Lipinski definition) is 0. The van der Waals surface area contributed by atoms with Crippen LogP contribution in [0.25, 0.3) is 0 Å². The highest BCUT2D eigenvalue weighted by Crippen LogP contribution is 2.64. The van der Waals surface area contributed by atoms with E-state index in [-0.39, 0.29) is 11.2 Å². The Morgan fingerprint density at radius 3 is 2.57 bits per heavy atom. The van der Waals surface area contributed by atoms with E-state index in [1.165, 1.54) is 6.42 Å². The van der Waals surface area contributed by atoms with Crippen LogP contribution in [-0.4, -0.2) is 11.5 Å². The molecular weight excluding hydrogens is 311 g/mol. The first-order valence-corrected chi connectivity index (χ1v) is 9.23. The molecule has 0 aliphatic heterocycles. The molecule has 4 fully saturated rings. The van der Waals surface area contributed by atoms with Crippen molar-refractivity contribution in [1.29, 1.82) is 0 Å². The first kappa shape index (κ1) is 15.6. The number of aryl methyl sites for hydroxylation is 1. The molecule has 23 heavy (non-hydrogen) atoms. The standard InChI is InChI=1S/C20H24ClFO/c1-13-3-2-4-16(21)18(13)17(23)5-6-19-8-14-7-15(9-19)11-20(22,10-14)12-19/h2-4,14-15H,5-12H2,1H3. The largest absolute Gasteiger partial charge is 0.294 e. The summed E-state index contributed by atoms with van der Waals surface area (Å²) in [6, 6.07) is 5.59. The van der Waals surface area contributed by atoms with Crippen LogP contribution in [0.4, 0.5) is 4.39 Å². The van der Waals surface area contributed by atoms with Crippen LogP contribution in [0.15, 0.2) is 18.2 Å². The predicted octanol–water partition coefficient (Wildman–Crippen LogP) is 5.92. The van der Waals surface area contributed by atoms with Gasteiger partial charge in [0.2, 0.25) is 0 Å². The molecule has 1 nitrogen and oxygen atoms in total. The van der Waals surface area contributed by atoms with E-state index >= 15 is 0 Å². The first-order chi connectivity index (χ1) is 10.9. The van der Waals surface area contributed by atoms with Gasteiger partial charge in [-0.15, -0.1) is 0 Å². The number of halogens is 2. The van der Waals surface area contributed by atoms with E-state index in [9.17, 15) is 9.18 Å². The van der Waals surface area contributed by atoms with Gasteiger partial charge in [0.25, 0.3) is 0 Å². The number of hydrogen-bond acceptors (Lipinski definition) is 1. The molecule has 124 valence electrons. The second-order valence-electron chi connectivity index (χ2n) is 8.47. The summed E-state index contributed by atoms with van der Waals surface area (Å²) in [5.74, 6) is 1.23. The quantitative estimate of drug-likeness (QED) is 0.624. The van der Waals surface area contributed by atoms with Crippen molar-refractivity contribution >= 4 is 17.4 Å². The lowest BCUT2D eigenvalue weighted by Crippen LogP contribution is -2.53. The van der Waals surface area contributed by atoms with Gasteiger partial charge in [-0.05, 0) is 80.8 Å². The maximum absolute atomic E-state index is 15.0. The van der Waals surface area contributed by atoms with Gasteiger partial charge < -0.3 is 0 Å². The van der Waals surface area contributed by atoms with Crippen molar-refractivity contribution in [2.75, 3.05) is 0 Å². The normalized spacial score (nSPS) is 38.0. The van der Waals surface area contributed by atoms with Crippen molar-refractivity contribution in [3.8, 4) is 0 Å². The average molecular weight is 335 g/mol. The highest BCUT2D eigenvalue weighted by molar-refractivity contribution is 6.34. The molecule has 0 radical (unpaired) electrons. The molecule has 0 N–H and O–H groups in total. The molecule has 4 saturated carbocycles. The third-order valence-corrected chi connectivity index (χ3v) is 6.81. The van der Waals surface area contributed by atoms with Crippen molar-refractivity contribution in [2.45, 2.75) is 64.0 Å². The zero-order chi connectivity index (χ0) is 16.2. The molecule has 5 rings (SSSR count). The fourth-order valence-electron chi connectivity index (χ4n) is 6.12. The molecule has 4 bridgehead atoms. The van der Waals surface area contributed by atoms with E-state index in [2.05, 4.69) is 0 Å². The molecule has 2 atom stereocenters. The monoisotopic (exact) mass is 334 g/mol. The third-order valence-electron chi connectivity index (χ3n) is 6.49. The first-order valence-electron chi connectivity index (χ1n) is 8.85. The maximum Gasteiger partial charge on any atom is 0.164 e. The van der Waals surface area contributed by atoms with Crippen LogP contribution in [0.3, 0.4) is 0 Å². The van der Waals surface area contributed by atoms with E-state index in [1.54, 1.807) is 6.07 Å². The van der Waals surface area contributed by atoms with Gasteiger partial charge in [0.05, 0.1) is 5.02 Å². The number of rotatable bonds is 4. The molecule has 2 unspecified atom stereocenters. The number of ketones is 1. The molecule has 0 saturated heterocycles. The van der Waals surface area contributed by atoms with E-state index in [0.717, 1.165) is 37.7 Å². The smallest absolute Gasteiger partial charge is 0.164 e. The van der Waals surface area contributed by atoms with Gasteiger partial charge in [0, 0.05) is 12.0 Å². The average Bonchev–Trinajstić information content (AvgIpc) is 2.42. The van der Waals surface area contributed by atoms with Gasteiger partial charge in [0.15, 0.2) is 5.78 Å². The summed E-state index contributed by atoms with van der Waals surface area (Å²) in [7, 11) is 0. The van der Waals surface area contributed by atoms with E-state index in [4.69, 9.17) is 11.6 Å². The van der Waals surface area contributed by atoms with Crippen molar-refractivity contribution in [3.05, 3.63) is 34.3 Å². The Morgan fingerprint density at radius 2 is 1.96 bits per heavy atom. The topological polar surface area (TPSA) is 17.1 Å². The molecule has 1 aromatic rings.